The van der Waals surface area contributed by atoms with Crippen LogP contribution in [0.2, 0.25) is 0 Å². The minimum absolute atomic E-state index is 0.0929. The first-order valence-electron chi connectivity index (χ1n) is 9.91. The van der Waals surface area contributed by atoms with Crippen LogP contribution in [0, 0.1) is 11.3 Å². The van der Waals surface area contributed by atoms with Crippen LogP contribution in [0.5, 0.6) is 0 Å². The summed E-state index contributed by atoms with van der Waals surface area (Å²) in [5.74, 6) is 0.425. The summed E-state index contributed by atoms with van der Waals surface area (Å²) < 4.78 is 41.1. The Balaban J connectivity index is 1.54. The maximum atomic E-state index is 13.2. The molecule has 31 heavy (non-hydrogen) atoms. The topological polar surface area (TPSA) is 70.1 Å². The van der Waals surface area contributed by atoms with E-state index >= 15 is 0 Å². The number of halogens is 3. The number of rotatable bonds is 2. The molecule has 0 saturated carbocycles. The van der Waals surface area contributed by atoms with Gasteiger partial charge in [0.2, 0.25) is 0 Å². The summed E-state index contributed by atoms with van der Waals surface area (Å²) in [5.41, 5.74) is 1.63. The molecule has 5 rings (SSSR count). The zero-order valence-electron chi connectivity index (χ0n) is 16.3. The van der Waals surface area contributed by atoms with Gasteiger partial charge in [0.25, 0.3) is 0 Å². The molecule has 0 radical (unpaired) electrons. The number of nitriles is 1. The second-order valence-electron chi connectivity index (χ2n) is 7.64. The summed E-state index contributed by atoms with van der Waals surface area (Å²) in [5, 5.41) is 18.6. The third-order valence-corrected chi connectivity index (χ3v) is 5.69. The molecule has 1 aliphatic heterocycles. The third-order valence-electron chi connectivity index (χ3n) is 5.69. The number of anilines is 1. The number of alkyl halides is 3. The van der Waals surface area contributed by atoms with Crippen LogP contribution in [-0.2, 0) is 6.18 Å². The summed E-state index contributed by atoms with van der Waals surface area (Å²) in [6, 6.07) is 13.9. The average Bonchev–Trinajstić information content (AvgIpc) is 3.21. The molecule has 156 valence electrons. The van der Waals surface area contributed by atoms with Crippen LogP contribution in [0.4, 0.5) is 18.9 Å². The highest BCUT2D eigenvalue weighted by Gasteiger charge is 2.32. The number of nitrogens with zero attached hydrogens (tertiary/aromatic N) is 6. The van der Waals surface area contributed by atoms with E-state index in [0.29, 0.717) is 23.7 Å². The van der Waals surface area contributed by atoms with Crippen molar-refractivity contribution in [2.24, 2.45) is 0 Å². The van der Waals surface area contributed by atoms with E-state index in [1.54, 1.807) is 6.07 Å². The SMILES string of the molecule is N#Cc1cc(N2CCCC(c3nnc4ccc(C(F)(F)F)cn34)C2)c2ccccc2n1. The normalized spacial score (nSPS) is 17.2. The van der Waals surface area contributed by atoms with E-state index in [9.17, 15) is 18.4 Å². The molecule has 4 aromatic rings. The molecule has 4 heterocycles. The fraction of sp³-hybridized carbons (Fsp3) is 0.273. The van der Waals surface area contributed by atoms with Crippen molar-refractivity contribution < 1.29 is 13.2 Å². The van der Waals surface area contributed by atoms with Crippen LogP contribution in [0.15, 0.2) is 48.7 Å². The van der Waals surface area contributed by atoms with Gasteiger partial charge in [-0.3, -0.25) is 4.40 Å². The lowest BCUT2D eigenvalue weighted by Crippen LogP contribution is -2.35. The van der Waals surface area contributed by atoms with Crippen LogP contribution in [-0.4, -0.2) is 32.7 Å². The molecule has 1 atom stereocenters. The molecular weight excluding hydrogens is 405 g/mol. The van der Waals surface area contributed by atoms with Gasteiger partial charge in [-0.25, -0.2) is 4.98 Å². The first-order chi connectivity index (χ1) is 14.9. The lowest BCUT2D eigenvalue weighted by Gasteiger charge is -2.34. The number of hydrogen-bond donors (Lipinski definition) is 0. The second kappa shape index (κ2) is 7.23. The van der Waals surface area contributed by atoms with Crippen molar-refractivity contribution >= 4 is 22.2 Å². The van der Waals surface area contributed by atoms with Crippen LogP contribution in [0.1, 0.15) is 35.8 Å². The number of piperidine rings is 1. The maximum absolute atomic E-state index is 13.2. The largest absolute Gasteiger partial charge is 0.417 e. The molecular formula is C22H17F3N6. The van der Waals surface area contributed by atoms with Gasteiger partial charge in [-0.1, -0.05) is 18.2 Å². The van der Waals surface area contributed by atoms with Crippen molar-refractivity contribution in [3.8, 4) is 6.07 Å². The molecule has 0 N–H and O–H groups in total. The molecule has 1 aliphatic rings. The van der Waals surface area contributed by atoms with Crippen LogP contribution >= 0.6 is 0 Å². The number of aromatic nitrogens is 4. The molecule has 1 aromatic carbocycles. The summed E-state index contributed by atoms with van der Waals surface area (Å²) in [6.45, 7) is 1.34. The van der Waals surface area contributed by atoms with E-state index < -0.39 is 11.7 Å². The minimum Gasteiger partial charge on any atom is -0.370 e. The van der Waals surface area contributed by atoms with Crippen LogP contribution in [0.25, 0.3) is 16.6 Å². The fourth-order valence-electron chi connectivity index (χ4n) is 4.24. The maximum Gasteiger partial charge on any atom is 0.417 e. The Morgan fingerprint density at radius 3 is 2.74 bits per heavy atom. The second-order valence-corrected chi connectivity index (χ2v) is 7.64. The monoisotopic (exact) mass is 422 g/mol. The molecule has 0 amide bonds. The van der Waals surface area contributed by atoms with Gasteiger partial charge in [-0.05, 0) is 37.1 Å². The standard InChI is InChI=1S/C22H17F3N6/c23-22(24,25)15-7-8-20-28-29-21(31(20)13-15)14-4-3-9-30(12-14)19-10-16(11-26)27-18-6-2-1-5-17(18)19/h1-2,5-8,10,13-14H,3-4,9,12H2. The minimum atomic E-state index is -4.43. The van der Waals surface area contributed by atoms with Gasteiger partial charge in [0.1, 0.15) is 17.6 Å². The summed E-state index contributed by atoms with van der Waals surface area (Å²) in [6.07, 6.45) is -1.73. The lowest BCUT2D eigenvalue weighted by molar-refractivity contribution is -0.137. The van der Waals surface area contributed by atoms with E-state index in [1.807, 2.05) is 24.3 Å². The van der Waals surface area contributed by atoms with Crippen molar-refractivity contribution in [1.82, 2.24) is 19.6 Å². The number of para-hydroxylation sites is 1. The molecule has 1 saturated heterocycles. The Morgan fingerprint density at radius 1 is 1.10 bits per heavy atom. The smallest absolute Gasteiger partial charge is 0.370 e. The summed E-state index contributed by atoms with van der Waals surface area (Å²) in [4.78, 5) is 6.53. The summed E-state index contributed by atoms with van der Waals surface area (Å²) >= 11 is 0. The Labute approximate surface area is 175 Å². The molecule has 9 heteroatoms. The van der Waals surface area contributed by atoms with Gasteiger partial charge < -0.3 is 4.90 Å². The molecule has 0 spiro atoms. The van der Waals surface area contributed by atoms with Gasteiger partial charge in [-0.15, -0.1) is 10.2 Å². The number of hydrogen-bond acceptors (Lipinski definition) is 5. The molecule has 1 unspecified atom stereocenters. The zero-order chi connectivity index (χ0) is 21.6. The predicted molar refractivity (Wildman–Crippen MR) is 109 cm³/mol. The van der Waals surface area contributed by atoms with Crippen LogP contribution in [0.3, 0.4) is 0 Å². The highest BCUT2D eigenvalue weighted by molar-refractivity contribution is 5.92. The van der Waals surface area contributed by atoms with Crippen molar-refractivity contribution in [2.45, 2.75) is 24.9 Å². The van der Waals surface area contributed by atoms with Crippen LogP contribution < -0.4 is 4.90 Å². The van der Waals surface area contributed by atoms with E-state index in [-0.39, 0.29) is 5.92 Å². The van der Waals surface area contributed by atoms with Crippen molar-refractivity contribution in [2.75, 3.05) is 18.0 Å². The third kappa shape index (κ3) is 3.44. The Morgan fingerprint density at radius 2 is 1.94 bits per heavy atom. The first kappa shape index (κ1) is 19.3. The predicted octanol–water partition coefficient (Wildman–Crippen LogP) is 4.55. The van der Waals surface area contributed by atoms with E-state index in [1.165, 1.54) is 10.5 Å². The van der Waals surface area contributed by atoms with Gasteiger partial charge >= 0.3 is 6.18 Å². The zero-order valence-corrected chi connectivity index (χ0v) is 16.3. The van der Waals surface area contributed by atoms with Gasteiger partial charge in [0.15, 0.2) is 5.65 Å². The lowest BCUT2D eigenvalue weighted by atomic mass is 9.96. The highest BCUT2D eigenvalue weighted by Crippen LogP contribution is 2.34. The molecule has 6 nitrogen and oxygen atoms in total. The van der Waals surface area contributed by atoms with E-state index in [0.717, 1.165) is 48.2 Å². The van der Waals surface area contributed by atoms with Crippen molar-refractivity contribution in [3.05, 3.63) is 65.7 Å². The fourth-order valence-corrected chi connectivity index (χ4v) is 4.24. The number of benzene rings is 1. The number of fused-ring (bicyclic) bond motifs is 2. The number of pyridine rings is 2. The van der Waals surface area contributed by atoms with Gasteiger partial charge in [-0.2, -0.15) is 18.4 Å². The molecule has 0 aliphatic carbocycles. The van der Waals surface area contributed by atoms with E-state index in [2.05, 4.69) is 26.2 Å². The molecule has 3 aromatic heterocycles. The highest BCUT2D eigenvalue weighted by atomic mass is 19.4. The average molecular weight is 422 g/mol. The Kier molecular flexibility index (Phi) is 4.50. The van der Waals surface area contributed by atoms with Gasteiger partial charge in [0.05, 0.1) is 11.1 Å². The summed E-state index contributed by atoms with van der Waals surface area (Å²) in [7, 11) is 0. The first-order valence-corrected chi connectivity index (χ1v) is 9.91. The van der Waals surface area contributed by atoms with Crippen molar-refractivity contribution in [1.29, 1.82) is 5.26 Å². The van der Waals surface area contributed by atoms with E-state index in [4.69, 9.17) is 0 Å². The quantitative estimate of drug-likeness (QED) is 0.474. The van der Waals surface area contributed by atoms with Gasteiger partial charge in [0, 0.05) is 36.3 Å². The molecule has 1 fully saturated rings. The molecule has 0 bridgehead atoms. The van der Waals surface area contributed by atoms with Crippen molar-refractivity contribution in [3.63, 3.8) is 0 Å². The Bertz CT molecular complexity index is 1320. The Hall–Kier alpha value is -3.67.